The number of rotatable bonds is 24. The molecule has 0 bridgehead atoms. The van der Waals surface area contributed by atoms with E-state index >= 15 is 0 Å². The van der Waals surface area contributed by atoms with Gasteiger partial charge in [-0.2, -0.15) is 4.31 Å². The molecule has 0 radical (unpaired) electrons. The van der Waals surface area contributed by atoms with Crippen molar-refractivity contribution in [1.29, 1.82) is 0 Å². The van der Waals surface area contributed by atoms with Gasteiger partial charge < -0.3 is 38.5 Å². The third-order valence-electron chi connectivity index (χ3n) is 26.0. The highest BCUT2D eigenvalue weighted by Gasteiger charge is 2.54. The van der Waals surface area contributed by atoms with Crippen molar-refractivity contribution in [1.82, 2.24) is 29.0 Å². The highest BCUT2D eigenvalue weighted by molar-refractivity contribution is 7.89. The summed E-state index contributed by atoms with van der Waals surface area (Å²) in [6, 6.07) is 76.2. The van der Waals surface area contributed by atoms with Crippen molar-refractivity contribution in [3.05, 3.63) is 299 Å². The van der Waals surface area contributed by atoms with E-state index in [2.05, 4.69) is 38.2 Å². The van der Waals surface area contributed by atoms with Gasteiger partial charge in [0.2, 0.25) is 46.3 Å². The highest BCUT2D eigenvalue weighted by Crippen LogP contribution is 2.55. The number of anilines is 1. The molecule has 12 aromatic rings. The minimum atomic E-state index is -3.52. The lowest BCUT2D eigenvalue weighted by Crippen LogP contribution is -2.42. The summed E-state index contributed by atoms with van der Waals surface area (Å²) >= 11 is 0. The van der Waals surface area contributed by atoms with E-state index in [1.807, 2.05) is 197 Å². The topological polar surface area (TPSA) is 280 Å². The molecule has 5 fully saturated rings. The molecule has 0 spiro atoms. The van der Waals surface area contributed by atoms with E-state index in [-0.39, 0.29) is 61.0 Å². The molecular weight excluding hydrogens is 1640 g/mol. The van der Waals surface area contributed by atoms with Crippen LogP contribution in [0.3, 0.4) is 0 Å². The van der Waals surface area contributed by atoms with Crippen LogP contribution in [0.5, 0.6) is 40.2 Å². The number of hydrogen-bond acceptors (Lipinski definition) is 19. The molecule has 8 heterocycles. The Hall–Kier alpha value is -12.7. The second-order valence-corrected chi connectivity index (χ2v) is 37.6. The van der Waals surface area contributed by atoms with Crippen molar-refractivity contribution in [2.24, 2.45) is 0 Å². The quantitative estimate of drug-likeness (QED) is 0.0568. The molecule has 1 amide bonds. The van der Waals surface area contributed by atoms with Gasteiger partial charge in [0.1, 0.15) is 28.9 Å². The zero-order valence-electron chi connectivity index (χ0n) is 71.8. The molecule has 8 aliphatic rings. The number of nitrogens with zero attached hydrogens (tertiary/aromatic N) is 5. The molecule has 4 saturated carbocycles. The monoisotopic (exact) mass is 1740 g/mol. The zero-order valence-corrected chi connectivity index (χ0v) is 73.4. The lowest BCUT2D eigenvalue weighted by Gasteiger charge is -2.36. The predicted molar refractivity (Wildman–Crippen MR) is 485 cm³/mol. The summed E-state index contributed by atoms with van der Waals surface area (Å²) in [5.74, 6) is 6.24. The second-order valence-electron chi connectivity index (χ2n) is 33.9. The van der Waals surface area contributed by atoms with Crippen LogP contribution in [0.25, 0.3) is 44.8 Å². The number of ketones is 3. The zero-order chi connectivity index (χ0) is 88.1. The molecule has 4 aliphatic carbocycles. The summed E-state index contributed by atoms with van der Waals surface area (Å²) < 4.78 is 92.0. The SMILES string of the molecule is CC1CCCCN1S(=O)(=O)c1ccc(-c2cccc(CC(=O)C3(c4ccc5c(c4)OCO5)CC3)n2)cc1.CNS(=O)(=O)c1ccc(-c2cccc(NC(=O)C3(c4ccccc4)CCCCC3)n2)cc1.COc1ccc(-c2ccc(CC(=O)C3(c4ccc5c(c4)OCO5)CC3)nc2C)cc1.Cc1cc(-c2ccccc2)cnc1CC(=O)C1(c2ccc3c(c2)OCO3)CC1. The fraction of sp³-hybridized carbons (Fsp3) is 0.301. The number of nitrogens with one attached hydrogen (secondary N) is 2. The van der Waals surface area contributed by atoms with Gasteiger partial charge in [-0.3, -0.25) is 34.1 Å². The largest absolute Gasteiger partial charge is 0.497 e. The number of benzene rings is 8. The lowest BCUT2D eigenvalue weighted by atomic mass is 9.68. The van der Waals surface area contributed by atoms with Crippen LogP contribution in [0.4, 0.5) is 5.82 Å². The fourth-order valence-corrected chi connectivity index (χ4v) is 20.4. The van der Waals surface area contributed by atoms with Crippen molar-refractivity contribution < 1.29 is 69.2 Å². The Kier molecular flexibility index (Phi) is 24.9. The maximum Gasteiger partial charge on any atom is 0.243 e. The summed E-state index contributed by atoms with van der Waals surface area (Å²) in [6.07, 6.45) is 15.6. The van der Waals surface area contributed by atoms with E-state index in [0.29, 0.717) is 58.7 Å². The Bertz CT molecular complexity index is 6340. The van der Waals surface area contributed by atoms with E-state index in [4.69, 9.17) is 43.1 Å². The van der Waals surface area contributed by atoms with Crippen LogP contribution in [0.1, 0.15) is 147 Å². The van der Waals surface area contributed by atoms with Crippen molar-refractivity contribution in [2.75, 3.05) is 46.4 Å². The van der Waals surface area contributed by atoms with Gasteiger partial charge in [0.05, 0.1) is 55.6 Å². The number of carbonyl (C=O) groups is 4. The average Bonchev–Trinajstić information content (AvgIpc) is 1.61. The number of aromatic nitrogens is 4. The van der Waals surface area contributed by atoms with Crippen molar-refractivity contribution in [3.8, 4) is 85.0 Å². The second kappa shape index (κ2) is 36.7. The normalized spacial score (nSPS) is 17.2. The number of methoxy groups -OCH3 is 1. The summed E-state index contributed by atoms with van der Waals surface area (Å²) in [4.78, 5) is 72.5. The summed E-state index contributed by atoms with van der Waals surface area (Å²) in [5, 5.41) is 3.05. The van der Waals surface area contributed by atoms with Crippen molar-refractivity contribution >= 4 is 49.1 Å². The van der Waals surface area contributed by atoms with Gasteiger partial charge in [0.25, 0.3) is 0 Å². The minimum Gasteiger partial charge on any atom is -0.497 e. The van der Waals surface area contributed by atoms with Crippen LogP contribution in [0.15, 0.2) is 259 Å². The number of pyridine rings is 4. The number of fused-ring (bicyclic) bond motifs is 3. The van der Waals surface area contributed by atoms with Gasteiger partial charge in [-0.25, -0.2) is 26.5 Å². The lowest BCUT2D eigenvalue weighted by molar-refractivity contribution is -0.123. The maximum atomic E-state index is 13.5. The van der Waals surface area contributed by atoms with E-state index in [9.17, 15) is 36.0 Å². The van der Waals surface area contributed by atoms with Crippen molar-refractivity contribution in [3.63, 3.8) is 0 Å². The van der Waals surface area contributed by atoms with Gasteiger partial charge in [-0.05, 0) is 240 Å². The van der Waals surface area contributed by atoms with Gasteiger partial charge in [-0.1, -0.05) is 159 Å². The minimum absolute atomic E-state index is 0.0155. The molecule has 2 N–H and O–H groups in total. The number of aryl methyl sites for hydroxylation is 2. The Morgan fingerprint density at radius 1 is 0.441 bits per heavy atom. The molecule has 20 rings (SSSR count). The van der Waals surface area contributed by atoms with Gasteiger partial charge in [0.15, 0.2) is 34.5 Å². The Morgan fingerprint density at radius 2 is 0.937 bits per heavy atom. The fourth-order valence-electron chi connectivity index (χ4n) is 18.0. The standard InChI is InChI=1S/C29H30N2O5S.C25H27N3O3S.C25H23NO4.C24H21NO3/c1-20-5-2-3-16-31(20)37(33,34)24-11-8-21(9-12-24)25-7-4-6-23(30-25)18-28(32)29(14-15-29)22-10-13-26-27(17-22)36-19-35-26;1-26-32(30,31)21-15-13-19(14-16-21)22-11-8-12-23(27-22)28-24(29)25(17-6-3-7-18-25)20-9-4-2-5-10-20;1-16-21(17-3-7-20(28-2)8-4-17)9-6-19(26-16)14-24(27)25(11-12-25)18-5-10-22-23(13-18)30-15-29-22;1-16-11-18(17-5-3-2-4-6-17)14-25-20(16)13-23(26)24(9-10-24)19-7-8-21-22(12-19)28-15-27-21/h4,6-13,17,20H,2-3,5,14-16,18-19H2,1H3;2,4-5,8-16,26H,3,6-7,17-18H2,1H3,(H,27,28,29);3-10,13H,11-12,14-15H2,1-2H3;2-8,11-12,14H,9-10,13,15H2,1H3. The number of piperidine rings is 1. The molecule has 22 nitrogen and oxygen atoms in total. The van der Waals surface area contributed by atoms with Crippen LogP contribution >= 0.6 is 0 Å². The van der Waals surface area contributed by atoms with Crippen LogP contribution < -0.4 is 43.2 Å². The first-order valence-electron chi connectivity index (χ1n) is 43.4. The third-order valence-corrected chi connectivity index (χ3v) is 29.4. The molecule has 1 atom stereocenters. The summed E-state index contributed by atoms with van der Waals surface area (Å²) in [5.41, 5.74) is 13.9. The number of amides is 1. The van der Waals surface area contributed by atoms with Gasteiger partial charge in [0, 0.05) is 77.4 Å². The molecule has 8 aromatic carbocycles. The van der Waals surface area contributed by atoms with E-state index in [1.54, 1.807) is 66.0 Å². The van der Waals surface area contributed by atoms with E-state index < -0.39 is 41.7 Å². The third kappa shape index (κ3) is 18.5. The Morgan fingerprint density at radius 3 is 1.45 bits per heavy atom. The molecule has 24 heteroatoms. The van der Waals surface area contributed by atoms with Crippen LogP contribution in [0, 0.1) is 13.8 Å². The van der Waals surface area contributed by atoms with Crippen molar-refractivity contribution in [2.45, 2.75) is 167 Å². The summed E-state index contributed by atoms with van der Waals surface area (Å²) in [7, 11) is -3.98. The Labute approximate surface area is 741 Å². The van der Waals surface area contributed by atoms with Crippen LogP contribution in [0.2, 0.25) is 0 Å². The Balaban J connectivity index is 0.000000120. The molecule has 1 saturated heterocycles. The van der Waals surface area contributed by atoms with E-state index in [1.165, 1.54) is 7.05 Å². The maximum absolute atomic E-state index is 13.5. The number of ether oxygens (including phenoxy) is 7. The first kappa shape index (κ1) is 86.4. The number of Topliss-reactive ketones (excluding diaryl/α,β-unsaturated/α-hetero) is 3. The average molecular weight is 1740 g/mol. The molecule has 4 aliphatic heterocycles. The van der Waals surface area contributed by atoms with E-state index in [0.717, 1.165) is 197 Å². The molecule has 650 valence electrons. The van der Waals surface area contributed by atoms with Crippen LogP contribution in [-0.4, -0.2) is 111 Å². The number of hydrogen-bond donors (Lipinski definition) is 2. The highest BCUT2D eigenvalue weighted by atomic mass is 32.2. The van der Waals surface area contributed by atoms with Gasteiger partial charge in [-0.15, -0.1) is 0 Å². The number of carbonyl (C=O) groups excluding carboxylic acids is 4. The predicted octanol–water partition coefficient (Wildman–Crippen LogP) is 18.6. The van der Waals surface area contributed by atoms with Gasteiger partial charge >= 0.3 is 0 Å². The molecular formula is C103H101N7O15S2. The smallest absolute Gasteiger partial charge is 0.243 e. The summed E-state index contributed by atoms with van der Waals surface area (Å²) in [6.45, 7) is 7.25. The number of sulfonamides is 2. The molecule has 127 heavy (non-hydrogen) atoms. The molecule has 1 unspecified atom stereocenters. The van der Waals surface area contributed by atoms with Crippen LogP contribution in [-0.2, 0) is 80.1 Å². The molecule has 4 aromatic heterocycles. The first-order valence-corrected chi connectivity index (χ1v) is 46.4. The first-order chi connectivity index (χ1) is 61.5.